The number of hydrogen-bond donors (Lipinski definition) is 1. The maximum atomic E-state index is 9.94. The SMILES string of the molecule is Cc1ccc(OC2CCOC3(CCOC3)C2)c([C@@H](C)O)c1. The molecule has 1 N–H and O–H groups in total. The van der Waals surface area contributed by atoms with Crippen LogP contribution in [0.4, 0.5) is 0 Å². The van der Waals surface area contributed by atoms with Crippen LogP contribution in [0.15, 0.2) is 18.2 Å². The van der Waals surface area contributed by atoms with Gasteiger partial charge in [-0.3, -0.25) is 0 Å². The molecule has 2 aliphatic heterocycles. The summed E-state index contributed by atoms with van der Waals surface area (Å²) in [6.45, 7) is 5.96. The summed E-state index contributed by atoms with van der Waals surface area (Å²) in [7, 11) is 0. The fourth-order valence-corrected chi connectivity index (χ4v) is 3.23. The molecule has 3 atom stereocenters. The summed E-state index contributed by atoms with van der Waals surface area (Å²) in [5.74, 6) is 0.788. The maximum Gasteiger partial charge on any atom is 0.125 e. The monoisotopic (exact) mass is 292 g/mol. The predicted molar refractivity (Wildman–Crippen MR) is 79.6 cm³/mol. The highest BCUT2D eigenvalue weighted by Gasteiger charge is 2.42. The minimum Gasteiger partial charge on any atom is -0.490 e. The quantitative estimate of drug-likeness (QED) is 0.930. The first-order chi connectivity index (χ1) is 10.1. The standard InChI is InChI=1S/C17H24O4/c1-12-3-4-16(15(9-12)13(2)18)21-14-5-7-20-17(10-14)6-8-19-11-17/h3-4,9,13-14,18H,5-8,10-11H2,1-2H3/t13-,14?,17?/m1/s1. The van der Waals surface area contributed by atoms with Gasteiger partial charge < -0.3 is 19.3 Å². The zero-order valence-corrected chi connectivity index (χ0v) is 12.8. The van der Waals surface area contributed by atoms with Crippen molar-refractivity contribution in [1.82, 2.24) is 0 Å². The molecule has 0 bridgehead atoms. The molecule has 3 rings (SSSR count). The molecule has 2 fully saturated rings. The zero-order valence-electron chi connectivity index (χ0n) is 12.8. The van der Waals surface area contributed by atoms with Crippen LogP contribution in [0.5, 0.6) is 5.75 Å². The van der Waals surface area contributed by atoms with E-state index < -0.39 is 6.10 Å². The minimum absolute atomic E-state index is 0.126. The van der Waals surface area contributed by atoms with Gasteiger partial charge in [0.1, 0.15) is 11.9 Å². The van der Waals surface area contributed by atoms with E-state index in [1.54, 1.807) is 6.92 Å². The molecule has 2 saturated heterocycles. The second-order valence-electron chi connectivity index (χ2n) is 6.28. The number of ether oxygens (including phenoxy) is 3. The summed E-state index contributed by atoms with van der Waals surface area (Å²) >= 11 is 0. The molecular weight excluding hydrogens is 268 g/mol. The van der Waals surface area contributed by atoms with Gasteiger partial charge in [-0.05, 0) is 26.0 Å². The Labute approximate surface area is 126 Å². The number of benzene rings is 1. The van der Waals surface area contributed by atoms with Gasteiger partial charge in [-0.15, -0.1) is 0 Å². The van der Waals surface area contributed by atoms with Crippen molar-refractivity contribution in [1.29, 1.82) is 0 Å². The molecule has 2 aliphatic rings. The average Bonchev–Trinajstić information content (AvgIpc) is 2.88. The van der Waals surface area contributed by atoms with Crippen LogP contribution in [-0.2, 0) is 9.47 Å². The van der Waals surface area contributed by atoms with Gasteiger partial charge in [-0.2, -0.15) is 0 Å². The molecule has 4 nitrogen and oxygen atoms in total. The van der Waals surface area contributed by atoms with E-state index in [1.807, 2.05) is 25.1 Å². The number of hydrogen-bond acceptors (Lipinski definition) is 4. The van der Waals surface area contributed by atoms with Gasteiger partial charge in [0.15, 0.2) is 0 Å². The van der Waals surface area contributed by atoms with Crippen molar-refractivity contribution in [2.24, 2.45) is 0 Å². The molecule has 21 heavy (non-hydrogen) atoms. The van der Waals surface area contributed by atoms with Gasteiger partial charge in [-0.25, -0.2) is 0 Å². The van der Waals surface area contributed by atoms with Gasteiger partial charge in [-0.1, -0.05) is 11.6 Å². The molecule has 0 aliphatic carbocycles. The Kier molecular flexibility index (Phi) is 4.20. The van der Waals surface area contributed by atoms with Crippen LogP contribution in [0.3, 0.4) is 0 Å². The third-order valence-corrected chi connectivity index (χ3v) is 4.42. The van der Waals surface area contributed by atoms with Crippen LogP contribution in [0.1, 0.15) is 43.4 Å². The van der Waals surface area contributed by atoms with Crippen molar-refractivity contribution in [3.8, 4) is 5.75 Å². The topological polar surface area (TPSA) is 47.9 Å². The molecule has 1 aromatic rings. The minimum atomic E-state index is -0.525. The summed E-state index contributed by atoms with van der Waals surface area (Å²) in [6.07, 6.45) is 2.29. The lowest BCUT2D eigenvalue weighted by Crippen LogP contribution is -2.44. The molecule has 0 saturated carbocycles. The number of aliphatic hydroxyl groups excluding tert-OH is 1. The lowest BCUT2D eigenvalue weighted by Gasteiger charge is -2.37. The smallest absolute Gasteiger partial charge is 0.125 e. The Morgan fingerprint density at radius 2 is 2.24 bits per heavy atom. The first-order valence-electron chi connectivity index (χ1n) is 7.75. The number of aliphatic hydroxyl groups is 1. The van der Waals surface area contributed by atoms with Crippen molar-refractivity contribution in [2.75, 3.05) is 19.8 Å². The summed E-state index contributed by atoms with van der Waals surface area (Å²) < 4.78 is 17.6. The van der Waals surface area contributed by atoms with E-state index in [0.29, 0.717) is 13.2 Å². The van der Waals surface area contributed by atoms with Crippen molar-refractivity contribution in [3.05, 3.63) is 29.3 Å². The van der Waals surface area contributed by atoms with Gasteiger partial charge in [0, 0.05) is 31.4 Å². The Morgan fingerprint density at radius 1 is 1.38 bits per heavy atom. The predicted octanol–water partition coefficient (Wildman–Crippen LogP) is 2.77. The van der Waals surface area contributed by atoms with E-state index in [9.17, 15) is 5.11 Å². The van der Waals surface area contributed by atoms with E-state index in [1.165, 1.54) is 0 Å². The maximum absolute atomic E-state index is 9.94. The molecule has 1 aromatic carbocycles. The largest absolute Gasteiger partial charge is 0.490 e. The van der Waals surface area contributed by atoms with Crippen LogP contribution in [0.25, 0.3) is 0 Å². The van der Waals surface area contributed by atoms with Crippen molar-refractivity contribution in [2.45, 2.75) is 50.9 Å². The van der Waals surface area contributed by atoms with E-state index in [4.69, 9.17) is 14.2 Å². The second kappa shape index (κ2) is 5.95. The molecule has 0 aromatic heterocycles. The normalized spacial score (nSPS) is 30.5. The first-order valence-corrected chi connectivity index (χ1v) is 7.75. The fraction of sp³-hybridized carbons (Fsp3) is 0.647. The van der Waals surface area contributed by atoms with Crippen LogP contribution in [0.2, 0.25) is 0 Å². The molecular formula is C17H24O4. The lowest BCUT2D eigenvalue weighted by molar-refractivity contribution is -0.112. The van der Waals surface area contributed by atoms with Crippen LogP contribution < -0.4 is 4.74 Å². The van der Waals surface area contributed by atoms with Crippen LogP contribution >= 0.6 is 0 Å². The molecule has 0 amide bonds. The molecule has 2 heterocycles. The van der Waals surface area contributed by atoms with Crippen molar-refractivity contribution < 1.29 is 19.3 Å². The Balaban J connectivity index is 1.74. The molecule has 4 heteroatoms. The van der Waals surface area contributed by atoms with Gasteiger partial charge in [0.2, 0.25) is 0 Å². The molecule has 0 radical (unpaired) electrons. The number of aryl methyl sites for hydroxylation is 1. The first kappa shape index (κ1) is 14.8. The Morgan fingerprint density at radius 3 is 2.95 bits per heavy atom. The van der Waals surface area contributed by atoms with Crippen molar-refractivity contribution >= 4 is 0 Å². The highest BCUT2D eigenvalue weighted by molar-refractivity contribution is 5.38. The molecule has 116 valence electrons. The van der Waals surface area contributed by atoms with E-state index >= 15 is 0 Å². The molecule has 2 unspecified atom stereocenters. The van der Waals surface area contributed by atoms with Crippen LogP contribution in [0, 0.1) is 6.92 Å². The van der Waals surface area contributed by atoms with Gasteiger partial charge in [0.25, 0.3) is 0 Å². The Bertz CT molecular complexity index is 492. The molecule has 1 spiro atoms. The third kappa shape index (κ3) is 3.23. The summed E-state index contributed by atoms with van der Waals surface area (Å²) in [5, 5.41) is 9.94. The fourth-order valence-electron chi connectivity index (χ4n) is 3.23. The van der Waals surface area contributed by atoms with Gasteiger partial charge >= 0.3 is 0 Å². The zero-order chi connectivity index (χ0) is 14.9. The Hall–Kier alpha value is -1.10. The highest BCUT2D eigenvalue weighted by Crippen LogP contribution is 2.36. The highest BCUT2D eigenvalue weighted by atomic mass is 16.6. The average molecular weight is 292 g/mol. The number of rotatable bonds is 3. The van der Waals surface area contributed by atoms with E-state index in [2.05, 4.69) is 0 Å². The third-order valence-electron chi connectivity index (χ3n) is 4.42. The van der Waals surface area contributed by atoms with E-state index in [0.717, 1.165) is 42.7 Å². The van der Waals surface area contributed by atoms with Gasteiger partial charge in [0.05, 0.1) is 24.9 Å². The summed E-state index contributed by atoms with van der Waals surface area (Å²) in [4.78, 5) is 0. The summed E-state index contributed by atoms with van der Waals surface area (Å²) in [5.41, 5.74) is 1.84. The van der Waals surface area contributed by atoms with Crippen molar-refractivity contribution in [3.63, 3.8) is 0 Å². The lowest BCUT2D eigenvalue weighted by atomic mass is 9.91. The second-order valence-corrected chi connectivity index (χ2v) is 6.28. The van der Waals surface area contributed by atoms with Crippen LogP contribution in [-0.4, -0.2) is 36.6 Å². The van der Waals surface area contributed by atoms with E-state index in [-0.39, 0.29) is 11.7 Å². The summed E-state index contributed by atoms with van der Waals surface area (Å²) in [6, 6.07) is 5.98.